The molecule has 2 heterocycles. The third-order valence-corrected chi connectivity index (χ3v) is 6.84. The largest absolute Gasteiger partial charge is 0.246 e. The zero-order valence-corrected chi connectivity index (χ0v) is 15.8. The van der Waals surface area contributed by atoms with E-state index >= 15 is 0 Å². The van der Waals surface area contributed by atoms with Crippen LogP contribution in [0.1, 0.15) is 6.04 Å². The minimum Gasteiger partial charge on any atom is -0.246 e. The van der Waals surface area contributed by atoms with E-state index < -0.39 is 10.0 Å². The lowest BCUT2D eigenvalue weighted by Crippen LogP contribution is -2.50. The van der Waals surface area contributed by atoms with Gasteiger partial charge in [-0.3, -0.25) is 0 Å². The Kier molecular flexibility index (Phi) is 4.48. The fourth-order valence-corrected chi connectivity index (χ4v) is 5.04. The Bertz CT molecular complexity index is 1050. The van der Waals surface area contributed by atoms with E-state index in [1.807, 2.05) is 36.5 Å². The van der Waals surface area contributed by atoms with Crippen molar-refractivity contribution in [1.29, 1.82) is 0 Å². The molecule has 0 spiro atoms. The summed E-state index contributed by atoms with van der Waals surface area (Å²) >= 11 is 11.9. The number of aromatic nitrogens is 3. The van der Waals surface area contributed by atoms with E-state index in [2.05, 4.69) is 10.3 Å². The van der Waals surface area contributed by atoms with Crippen molar-refractivity contribution >= 4 is 33.2 Å². The zero-order chi connectivity index (χ0) is 18.3. The van der Waals surface area contributed by atoms with Crippen molar-refractivity contribution in [3.05, 3.63) is 64.8 Å². The molecular weight excluding hydrogens is 395 g/mol. The SMILES string of the molecule is O=S(=O)(c1cc(Cl)ccc1Cl)N1CC(n2cc(-c3ccccc3)nn2)C1. The molecular formula is C17H14Cl2N4O2S. The number of rotatable bonds is 4. The lowest BCUT2D eigenvalue weighted by Gasteiger charge is -2.37. The molecule has 0 amide bonds. The molecule has 1 aliphatic heterocycles. The highest BCUT2D eigenvalue weighted by atomic mass is 35.5. The van der Waals surface area contributed by atoms with Crippen molar-refractivity contribution < 1.29 is 8.42 Å². The maximum atomic E-state index is 12.7. The van der Waals surface area contributed by atoms with Crippen molar-refractivity contribution in [1.82, 2.24) is 19.3 Å². The summed E-state index contributed by atoms with van der Waals surface area (Å²) in [7, 11) is -3.69. The van der Waals surface area contributed by atoms with E-state index in [9.17, 15) is 8.42 Å². The molecule has 0 radical (unpaired) electrons. The number of halogens is 2. The molecule has 1 aromatic heterocycles. The molecule has 6 nitrogen and oxygen atoms in total. The Morgan fingerprint density at radius 3 is 2.50 bits per heavy atom. The van der Waals surface area contributed by atoms with Gasteiger partial charge in [0.05, 0.1) is 17.3 Å². The van der Waals surface area contributed by atoms with Gasteiger partial charge >= 0.3 is 0 Å². The highest BCUT2D eigenvalue weighted by Gasteiger charge is 2.39. The summed E-state index contributed by atoms with van der Waals surface area (Å²) in [6.07, 6.45) is 1.83. The van der Waals surface area contributed by atoms with Crippen LogP contribution in [-0.2, 0) is 10.0 Å². The molecule has 2 aromatic carbocycles. The van der Waals surface area contributed by atoms with Gasteiger partial charge in [-0.15, -0.1) is 5.10 Å². The number of sulfonamides is 1. The van der Waals surface area contributed by atoms with Crippen LogP contribution in [0.15, 0.2) is 59.6 Å². The smallest absolute Gasteiger partial charge is 0.244 e. The molecule has 0 aliphatic carbocycles. The minimum absolute atomic E-state index is 0.0219. The van der Waals surface area contributed by atoms with Gasteiger partial charge in [-0.05, 0) is 18.2 Å². The normalized spacial score (nSPS) is 15.8. The van der Waals surface area contributed by atoms with Gasteiger partial charge in [0.2, 0.25) is 10.0 Å². The van der Waals surface area contributed by atoms with Crippen molar-refractivity contribution in [2.75, 3.05) is 13.1 Å². The first-order valence-electron chi connectivity index (χ1n) is 7.87. The Labute approximate surface area is 161 Å². The molecule has 1 fully saturated rings. The lowest BCUT2D eigenvalue weighted by atomic mass is 10.1. The van der Waals surface area contributed by atoms with Gasteiger partial charge in [-0.2, -0.15) is 4.31 Å². The van der Waals surface area contributed by atoms with Crippen LogP contribution in [0.25, 0.3) is 11.3 Å². The van der Waals surface area contributed by atoms with Crippen LogP contribution in [0.3, 0.4) is 0 Å². The second-order valence-electron chi connectivity index (χ2n) is 6.00. The molecule has 0 N–H and O–H groups in total. The minimum atomic E-state index is -3.69. The highest BCUT2D eigenvalue weighted by molar-refractivity contribution is 7.89. The molecule has 4 rings (SSSR count). The van der Waals surface area contributed by atoms with Gasteiger partial charge in [0.1, 0.15) is 10.6 Å². The van der Waals surface area contributed by atoms with Gasteiger partial charge in [0, 0.05) is 23.7 Å². The predicted octanol–water partition coefficient (Wildman–Crippen LogP) is 3.50. The third-order valence-electron chi connectivity index (χ3n) is 4.29. The third kappa shape index (κ3) is 3.12. The molecule has 0 unspecified atom stereocenters. The van der Waals surface area contributed by atoms with E-state index in [4.69, 9.17) is 23.2 Å². The summed E-state index contributed by atoms with van der Waals surface area (Å²) < 4.78 is 28.5. The van der Waals surface area contributed by atoms with Crippen molar-refractivity contribution in [2.45, 2.75) is 10.9 Å². The molecule has 134 valence electrons. The van der Waals surface area contributed by atoms with Gasteiger partial charge in [0.15, 0.2) is 0 Å². The van der Waals surface area contributed by atoms with Crippen molar-refractivity contribution in [3.8, 4) is 11.3 Å². The van der Waals surface area contributed by atoms with Crippen LogP contribution in [0.5, 0.6) is 0 Å². The summed E-state index contributed by atoms with van der Waals surface area (Å²) in [5, 5.41) is 8.79. The monoisotopic (exact) mass is 408 g/mol. The van der Waals surface area contributed by atoms with Crippen LogP contribution in [0.2, 0.25) is 10.0 Å². The highest BCUT2D eigenvalue weighted by Crippen LogP contribution is 2.33. The van der Waals surface area contributed by atoms with Crippen LogP contribution in [0, 0.1) is 0 Å². The standard InChI is InChI=1S/C17H14Cl2N4O2S/c18-13-6-7-15(19)17(8-13)26(24,25)22-9-14(10-22)23-11-16(20-21-23)12-4-2-1-3-5-12/h1-8,11,14H,9-10H2. The molecule has 26 heavy (non-hydrogen) atoms. The summed E-state index contributed by atoms with van der Waals surface area (Å²) in [6, 6.07) is 14.0. The first-order chi connectivity index (χ1) is 12.4. The Morgan fingerprint density at radius 1 is 1.04 bits per heavy atom. The Morgan fingerprint density at radius 2 is 1.77 bits per heavy atom. The Hall–Kier alpha value is -1.93. The first kappa shape index (κ1) is 17.5. The number of nitrogens with zero attached hydrogens (tertiary/aromatic N) is 4. The molecule has 0 bridgehead atoms. The van der Waals surface area contributed by atoms with E-state index in [1.165, 1.54) is 16.4 Å². The number of hydrogen-bond donors (Lipinski definition) is 0. The van der Waals surface area contributed by atoms with Gasteiger partial charge in [-0.1, -0.05) is 58.7 Å². The zero-order valence-electron chi connectivity index (χ0n) is 13.5. The maximum Gasteiger partial charge on any atom is 0.244 e. The fraction of sp³-hybridized carbons (Fsp3) is 0.176. The van der Waals surface area contributed by atoms with Gasteiger partial charge in [-0.25, -0.2) is 13.1 Å². The van der Waals surface area contributed by atoms with Crippen molar-refractivity contribution in [2.24, 2.45) is 0 Å². The van der Waals surface area contributed by atoms with Crippen LogP contribution in [-0.4, -0.2) is 40.8 Å². The maximum absolute atomic E-state index is 12.7. The average molecular weight is 409 g/mol. The second kappa shape index (κ2) is 6.66. The van der Waals surface area contributed by atoms with Crippen LogP contribution in [0.4, 0.5) is 0 Å². The summed E-state index contributed by atoms with van der Waals surface area (Å²) in [4.78, 5) is 0.0219. The molecule has 3 aromatic rings. The first-order valence-corrected chi connectivity index (χ1v) is 10.1. The molecule has 0 atom stereocenters. The molecule has 9 heteroatoms. The van der Waals surface area contributed by atoms with E-state index in [0.717, 1.165) is 11.3 Å². The van der Waals surface area contributed by atoms with E-state index in [1.54, 1.807) is 10.7 Å². The summed E-state index contributed by atoms with van der Waals surface area (Å²) in [6.45, 7) is 0.617. The quantitative estimate of drug-likeness (QED) is 0.662. The molecule has 1 aliphatic rings. The molecule has 1 saturated heterocycles. The summed E-state index contributed by atoms with van der Waals surface area (Å²) in [5.74, 6) is 0. The second-order valence-corrected chi connectivity index (χ2v) is 8.75. The fourth-order valence-electron chi connectivity index (χ4n) is 2.79. The van der Waals surface area contributed by atoms with Crippen molar-refractivity contribution in [3.63, 3.8) is 0 Å². The topological polar surface area (TPSA) is 68.1 Å². The Balaban J connectivity index is 1.50. The predicted molar refractivity (Wildman–Crippen MR) is 99.7 cm³/mol. The van der Waals surface area contributed by atoms with Crippen LogP contribution < -0.4 is 0 Å². The van der Waals surface area contributed by atoms with Gasteiger partial charge in [0.25, 0.3) is 0 Å². The average Bonchev–Trinajstić information content (AvgIpc) is 3.06. The van der Waals surface area contributed by atoms with E-state index in [0.29, 0.717) is 18.1 Å². The van der Waals surface area contributed by atoms with Crippen LogP contribution >= 0.6 is 23.2 Å². The van der Waals surface area contributed by atoms with E-state index in [-0.39, 0.29) is 16.0 Å². The van der Waals surface area contributed by atoms with Gasteiger partial charge < -0.3 is 0 Å². The summed E-state index contributed by atoms with van der Waals surface area (Å²) in [5.41, 5.74) is 1.72. The lowest BCUT2D eigenvalue weighted by molar-refractivity contribution is 0.189. The molecule has 0 saturated carbocycles. The number of benzene rings is 2. The number of hydrogen-bond acceptors (Lipinski definition) is 4.